The molecule has 2 aromatic heterocycles. The zero-order chi connectivity index (χ0) is 15.1. The fourth-order valence-electron chi connectivity index (χ4n) is 2.30. The molecule has 2 N–H and O–H groups in total. The molecule has 0 fully saturated rings. The first-order chi connectivity index (χ1) is 9.07. The van der Waals surface area contributed by atoms with Crippen molar-refractivity contribution in [2.45, 2.75) is 52.4 Å². The highest BCUT2D eigenvalue weighted by Gasteiger charge is 2.19. The summed E-state index contributed by atoms with van der Waals surface area (Å²) in [6, 6.07) is 2.19. The molecule has 0 aliphatic heterocycles. The van der Waals surface area contributed by atoms with E-state index in [-0.39, 0.29) is 10.8 Å². The molecule has 0 atom stereocenters. The number of aryl methyl sites for hydroxylation is 1. The molecule has 0 saturated carbocycles. The van der Waals surface area contributed by atoms with Crippen LogP contribution in [0, 0.1) is 0 Å². The van der Waals surface area contributed by atoms with Crippen LogP contribution >= 0.6 is 0 Å². The van der Waals surface area contributed by atoms with Gasteiger partial charge >= 0.3 is 0 Å². The summed E-state index contributed by atoms with van der Waals surface area (Å²) in [4.78, 5) is 7.77. The lowest BCUT2D eigenvalue weighted by molar-refractivity contribution is 0.543. The first-order valence-corrected chi connectivity index (χ1v) is 7.07. The van der Waals surface area contributed by atoms with Crippen LogP contribution in [0.3, 0.4) is 0 Å². The molecule has 0 radical (unpaired) electrons. The van der Waals surface area contributed by atoms with Gasteiger partial charge < -0.3 is 14.9 Å². The second-order valence-corrected chi connectivity index (χ2v) is 7.50. The van der Waals surface area contributed by atoms with E-state index in [0.29, 0.717) is 0 Å². The van der Waals surface area contributed by atoms with Crippen molar-refractivity contribution in [3.8, 4) is 0 Å². The molecule has 0 unspecified atom stereocenters. The summed E-state index contributed by atoms with van der Waals surface area (Å²) in [5, 5.41) is 3.39. The molecule has 110 valence electrons. The Bertz CT molecular complexity index is 591. The number of aromatic amines is 1. The molecule has 20 heavy (non-hydrogen) atoms. The molecule has 0 aliphatic rings. The van der Waals surface area contributed by atoms with Crippen molar-refractivity contribution in [1.29, 1.82) is 0 Å². The summed E-state index contributed by atoms with van der Waals surface area (Å²) >= 11 is 0. The van der Waals surface area contributed by atoms with Crippen molar-refractivity contribution < 1.29 is 0 Å². The van der Waals surface area contributed by atoms with E-state index >= 15 is 0 Å². The zero-order valence-electron chi connectivity index (χ0n) is 13.6. The number of anilines is 2. The molecule has 0 bridgehead atoms. The van der Waals surface area contributed by atoms with Gasteiger partial charge in [-0.05, 0) is 6.07 Å². The predicted octanol–water partition coefficient (Wildman–Crippen LogP) is 4.09. The Morgan fingerprint density at radius 3 is 2.20 bits per heavy atom. The van der Waals surface area contributed by atoms with Gasteiger partial charge in [-0.2, -0.15) is 0 Å². The van der Waals surface area contributed by atoms with E-state index in [1.807, 2.05) is 6.20 Å². The van der Waals surface area contributed by atoms with Gasteiger partial charge in [0.15, 0.2) is 0 Å². The van der Waals surface area contributed by atoms with Gasteiger partial charge in [0, 0.05) is 29.8 Å². The Morgan fingerprint density at radius 2 is 1.75 bits per heavy atom. The van der Waals surface area contributed by atoms with E-state index in [1.165, 1.54) is 5.69 Å². The van der Waals surface area contributed by atoms with E-state index in [4.69, 9.17) is 0 Å². The molecular formula is C16H26N4. The van der Waals surface area contributed by atoms with Crippen LogP contribution in [0.4, 0.5) is 11.5 Å². The van der Waals surface area contributed by atoms with Crippen LogP contribution in [-0.2, 0) is 17.9 Å². The van der Waals surface area contributed by atoms with Gasteiger partial charge in [0.25, 0.3) is 0 Å². The minimum atomic E-state index is 0.0349. The summed E-state index contributed by atoms with van der Waals surface area (Å²) < 4.78 is 2.17. The van der Waals surface area contributed by atoms with Crippen LogP contribution in [0.15, 0.2) is 18.5 Å². The minimum Gasteiger partial charge on any atom is -0.352 e. The first kappa shape index (κ1) is 14.7. The average molecular weight is 274 g/mol. The van der Waals surface area contributed by atoms with Crippen molar-refractivity contribution in [3.05, 3.63) is 30.0 Å². The topological polar surface area (TPSA) is 45.6 Å². The molecule has 0 aliphatic carbocycles. The molecule has 0 aromatic carbocycles. The summed E-state index contributed by atoms with van der Waals surface area (Å²) in [7, 11) is 2.08. The van der Waals surface area contributed by atoms with Crippen LogP contribution < -0.4 is 5.32 Å². The third-order valence-corrected chi connectivity index (χ3v) is 3.34. The Hall–Kier alpha value is -1.71. The van der Waals surface area contributed by atoms with Crippen LogP contribution in [0.25, 0.3) is 0 Å². The molecule has 4 nitrogen and oxygen atoms in total. The fourth-order valence-corrected chi connectivity index (χ4v) is 2.30. The fraction of sp³-hybridized carbons (Fsp3) is 0.562. The van der Waals surface area contributed by atoms with E-state index in [0.717, 1.165) is 17.3 Å². The maximum Gasteiger partial charge on any atom is 0.127 e. The van der Waals surface area contributed by atoms with E-state index in [2.05, 4.69) is 80.7 Å². The lowest BCUT2D eigenvalue weighted by Crippen LogP contribution is -2.15. The summed E-state index contributed by atoms with van der Waals surface area (Å²) in [5.74, 6) is 1.92. The number of rotatable bonds is 2. The van der Waals surface area contributed by atoms with Gasteiger partial charge in [-0.1, -0.05) is 41.5 Å². The summed E-state index contributed by atoms with van der Waals surface area (Å²) in [6.45, 7) is 13.1. The third-order valence-electron chi connectivity index (χ3n) is 3.34. The monoisotopic (exact) mass is 274 g/mol. The van der Waals surface area contributed by atoms with Crippen molar-refractivity contribution in [2.75, 3.05) is 5.32 Å². The number of aromatic nitrogens is 3. The Morgan fingerprint density at radius 1 is 1.10 bits per heavy atom. The van der Waals surface area contributed by atoms with E-state index in [1.54, 1.807) is 0 Å². The highest BCUT2D eigenvalue weighted by molar-refractivity contribution is 5.56. The van der Waals surface area contributed by atoms with E-state index in [9.17, 15) is 0 Å². The molecule has 2 rings (SSSR count). The normalized spacial score (nSPS) is 12.8. The number of hydrogen-bond donors (Lipinski definition) is 2. The van der Waals surface area contributed by atoms with Gasteiger partial charge in [0.05, 0.1) is 11.9 Å². The predicted molar refractivity (Wildman–Crippen MR) is 84.7 cm³/mol. The van der Waals surface area contributed by atoms with Crippen molar-refractivity contribution in [2.24, 2.45) is 7.05 Å². The number of imidazole rings is 1. The smallest absolute Gasteiger partial charge is 0.127 e. The maximum absolute atomic E-state index is 4.44. The maximum atomic E-state index is 4.44. The molecule has 2 aromatic rings. The van der Waals surface area contributed by atoms with Gasteiger partial charge in [0.2, 0.25) is 0 Å². The second kappa shape index (κ2) is 4.69. The van der Waals surface area contributed by atoms with Gasteiger partial charge in [-0.25, -0.2) is 4.98 Å². The quantitative estimate of drug-likeness (QED) is 0.866. The SMILES string of the molecule is Cn1cc(Nc2cnc(C(C)(C)C)[nH]2)cc1C(C)(C)C. The molecule has 2 heterocycles. The van der Waals surface area contributed by atoms with Gasteiger partial charge in [0.1, 0.15) is 11.6 Å². The summed E-state index contributed by atoms with van der Waals surface area (Å²) in [5.41, 5.74) is 2.56. The van der Waals surface area contributed by atoms with Crippen molar-refractivity contribution in [1.82, 2.24) is 14.5 Å². The third kappa shape index (κ3) is 3.06. The van der Waals surface area contributed by atoms with Crippen molar-refractivity contribution in [3.63, 3.8) is 0 Å². The average Bonchev–Trinajstić information content (AvgIpc) is 2.84. The Labute approximate surface area is 121 Å². The molecule has 0 saturated heterocycles. The van der Waals surface area contributed by atoms with Gasteiger partial charge in [-0.3, -0.25) is 0 Å². The number of H-pyrrole nitrogens is 1. The molecule has 0 amide bonds. The van der Waals surface area contributed by atoms with Crippen molar-refractivity contribution >= 4 is 11.5 Å². The lowest BCUT2D eigenvalue weighted by Gasteiger charge is -2.19. The number of nitrogens with zero attached hydrogens (tertiary/aromatic N) is 2. The van der Waals surface area contributed by atoms with Gasteiger partial charge in [-0.15, -0.1) is 0 Å². The molecule has 4 heteroatoms. The second-order valence-electron chi connectivity index (χ2n) is 7.50. The highest BCUT2D eigenvalue weighted by atomic mass is 15.1. The molecular weight excluding hydrogens is 248 g/mol. The molecule has 0 spiro atoms. The van der Waals surface area contributed by atoms with E-state index < -0.39 is 0 Å². The standard InChI is InChI=1S/C16H26N4/c1-15(2,3)12-8-11(10-20(12)7)18-13-9-17-14(19-13)16(4,5)6/h8-10,18H,1-7H3,(H,17,19). The highest BCUT2D eigenvalue weighted by Crippen LogP contribution is 2.28. The lowest BCUT2D eigenvalue weighted by atomic mass is 9.92. The van der Waals surface area contributed by atoms with Crippen LogP contribution in [-0.4, -0.2) is 14.5 Å². The Kier molecular flexibility index (Phi) is 3.44. The van der Waals surface area contributed by atoms with Crippen LogP contribution in [0.1, 0.15) is 53.1 Å². The number of hydrogen-bond acceptors (Lipinski definition) is 2. The minimum absolute atomic E-state index is 0.0349. The summed E-state index contributed by atoms with van der Waals surface area (Å²) in [6.07, 6.45) is 3.96. The Balaban J connectivity index is 2.21. The first-order valence-electron chi connectivity index (χ1n) is 7.07. The van der Waals surface area contributed by atoms with Crippen LogP contribution in [0.5, 0.6) is 0 Å². The zero-order valence-corrected chi connectivity index (χ0v) is 13.6. The number of nitrogens with one attached hydrogen (secondary N) is 2. The largest absolute Gasteiger partial charge is 0.352 e. The van der Waals surface area contributed by atoms with Crippen LogP contribution in [0.2, 0.25) is 0 Å².